The summed E-state index contributed by atoms with van der Waals surface area (Å²) in [5.41, 5.74) is 1.60. The molecule has 3 heteroatoms. The van der Waals surface area contributed by atoms with Gasteiger partial charge in [0.05, 0.1) is 12.0 Å². The molecule has 1 aromatic heterocycles. The minimum atomic E-state index is 0.162. The summed E-state index contributed by atoms with van der Waals surface area (Å²) >= 11 is 0. The lowest BCUT2D eigenvalue weighted by molar-refractivity contribution is 0.0713. The van der Waals surface area contributed by atoms with Crippen LogP contribution in [-0.2, 0) is 6.54 Å². The summed E-state index contributed by atoms with van der Waals surface area (Å²) in [7, 11) is 2.15. The smallest absolute Gasteiger partial charge is 0.0672 e. The standard InChI is InChI=1S/C18H27N3/c1-18(2,3)16-6-5-15(12-19)17(11-16)21(4)13-14-7-9-20-10-8-14/h7-10,15-17H,5-6,11,13H2,1-4H3. The first-order chi connectivity index (χ1) is 9.91. The molecule has 114 valence electrons. The second-order valence-corrected chi connectivity index (χ2v) is 7.45. The van der Waals surface area contributed by atoms with E-state index >= 15 is 0 Å². The number of aromatic nitrogens is 1. The molecule has 0 amide bonds. The summed E-state index contributed by atoms with van der Waals surface area (Å²) in [4.78, 5) is 6.43. The number of hydrogen-bond acceptors (Lipinski definition) is 3. The van der Waals surface area contributed by atoms with Crippen molar-refractivity contribution in [2.75, 3.05) is 7.05 Å². The average Bonchev–Trinajstić information content (AvgIpc) is 2.46. The zero-order chi connectivity index (χ0) is 15.5. The van der Waals surface area contributed by atoms with E-state index in [-0.39, 0.29) is 5.92 Å². The van der Waals surface area contributed by atoms with Crippen molar-refractivity contribution >= 4 is 0 Å². The van der Waals surface area contributed by atoms with Gasteiger partial charge in [-0.25, -0.2) is 0 Å². The van der Waals surface area contributed by atoms with Crippen LogP contribution in [0.5, 0.6) is 0 Å². The van der Waals surface area contributed by atoms with Gasteiger partial charge in [-0.05, 0) is 55.3 Å². The Hall–Kier alpha value is -1.40. The summed E-state index contributed by atoms with van der Waals surface area (Å²) in [6.45, 7) is 7.86. The molecule has 0 saturated heterocycles. The summed E-state index contributed by atoms with van der Waals surface area (Å²) in [6, 6.07) is 7.02. The van der Waals surface area contributed by atoms with Gasteiger partial charge in [0.1, 0.15) is 0 Å². The Labute approximate surface area is 129 Å². The highest BCUT2D eigenvalue weighted by atomic mass is 15.1. The number of rotatable bonds is 3. The van der Waals surface area contributed by atoms with Crippen LogP contribution in [0.1, 0.15) is 45.6 Å². The molecule has 1 aliphatic rings. The Bertz CT molecular complexity index is 483. The van der Waals surface area contributed by atoms with Crippen LogP contribution in [0.2, 0.25) is 0 Å². The molecule has 3 nitrogen and oxygen atoms in total. The maximum Gasteiger partial charge on any atom is 0.0672 e. The van der Waals surface area contributed by atoms with Crippen molar-refractivity contribution in [1.29, 1.82) is 5.26 Å². The van der Waals surface area contributed by atoms with Gasteiger partial charge in [-0.15, -0.1) is 0 Å². The van der Waals surface area contributed by atoms with E-state index in [0.717, 1.165) is 19.4 Å². The fraction of sp³-hybridized carbons (Fsp3) is 0.667. The van der Waals surface area contributed by atoms with Crippen molar-refractivity contribution in [2.24, 2.45) is 17.3 Å². The molecule has 0 bridgehead atoms. The van der Waals surface area contributed by atoms with Gasteiger partial charge in [0.15, 0.2) is 0 Å². The molecule has 0 aromatic carbocycles. The Morgan fingerprint density at radius 3 is 2.52 bits per heavy atom. The first-order valence-corrected chi connectivity index (χ1v) is 7.90. The monoisotopic (exact) mass is 285 g/mol. The molecule has 1 aliphatic carbocycles. The minimum Gasteiger partial charge on any atom is -0.298 e. The lowest BCUT2D eigenvalue weighted by Crippen LogP contribution is -2.44. The Morgan fingerprint density at radius 1 is 1.29 bits per heavy atom. The van der Waals surface area contributed by atoms with E-state index in [4.69, 9.17) is 0 Å². The van der Waals surface area contributed by atoms with Crippen molar-refractivity contribution in [3.05, 3.63) is 30.1 Å². The van der Waals surface area contributed by atoms with Crippen molar-refractivity contribution in [1.82, 2.24) is 9.88 Å². The van der Waals surface area contributed by atoms with Crippen LogP contribution in [0.25, 0.3) is 0 Å². The van der Waals surface area contributed by atoms with Gasteiger partial charge in [-0.3, -0.25) is 9.88 Å². The first kappa shape index (κ1) is 16.0. The molecule has 21 heavy (non-hydrogen) atoms. The summed E-state index contributed by atoms with van der Waals surface area (Å²) in [5.74, 6) is 0.863. The lowest BCUT2D eigenvalue weighted by Gasteiger charge is -2.43. The second-order valence-electron chi connectivity index (χ2n) is 7.45. The van der Waals surface area contributed by atoms with Crippen molar-refractivity contribution < 1.29 is 0 Å². The molecule has 1 saturated carbocycles. The normalized spacial score (nSPS) is 26.6. The average molecular weight is 285 g/mol. The van der Waals surface area contributed by atoms with Crippen molar-refractivity contribution in [2.45, 2.75) is 52.6 Å². The van der Waals surface area contributed by atoms with Crippen molar-refractivity contribution in [3.8, 4) is 6.07 Å². The Balaban J connectivity index is 2.08. The fourth-order valence-electron chi connectivity index (χ4n) is 3.46. The molecule has 2 rings (SSSR count). The number of pyridine rings is 1. The highest BCUT2D eigenvalue weighted by molar-refractivity contribution is 5.10. The van der Waals surface area contributed by atoms with Crippen LogP contribution in [0.15, 0.2) is 24.5 Å². The second kappa shape index (κ2) is 6.58. The van der Waals surface area contributed by atoms with Crippen LogP contribution in [0.4, 0.5) is 0 Å². The fourth-order valence-corrected chi connectivity index (χ4v) is 3.46. The predicted octanol–water partition coefficient (Wildman–Crippen LogP) is 3.87. The van der Waals surface area contributed by atoms with Crippen LogP contribution in [-0.4, -0.2) is 23.0 Å². The molecule has 3 unspecified atom stereocenters. The minimum absolute atomic E-state index is 0.162. The van der Waals surface area contributed by atoms with E-state index in [1.54, 1.807) is 0 Å². The summed E-state index contributed by atoms with van der Waals surface area (Å²) in [6.07, 6.45) is 7.02. The third-order valence-corrected chi connectivity index (χ3v) is 4.95. The van der Waals surface area contributed by atoms with E-state index in [2.05, 4.69) is 55.9 Å². The van der Waals surface area contributed by atoms with E-state index in [1.807, 2.05) is 12.4 Å². The van der Waals surface area contributed by atoms with Gasteiger partial charge in [-0.2, -0.15) is 5.26 Å². The van der Waals surface area contributed by atoms with Gasteiger partial charge in [0, 0.05) is 25.0 Å². The summed E-state index contributed by atoms with van der Waals surface area (Å²) in [5, 5.41) is 9.48. The van der Waals surface area contributed by atoms with Gasteiger partial charge in [0.2, 0.25) is 0 Å². The SMILES string of the molecule is CN(Cc1ccncc1)C1CC(C(C)(C)C)CCC1C#N. The van der Waals surface area contributed by atoms with Crippen molar-refractivity contribution in [3.63, 3.8) is 0 Å². The van der Waals surface area contributed by atoms with Gasteiger partial charge >= 0.3 is 0 Å². The Morgan fingerprint density at radius 2 is 1.95 bits per heavy atom. The van der Waals surface area contributed by atoms with Crippen LogP contribution in [0, 0.1) is 28.6 Å². The highest BCUT2D eigenvalue weighted by Gasteiger charge is 2.37. The highest BCUT2D eigenvalue weighted by Crippen LogP contribution is 2.41. The van der Waals surface area contributed by atoms with Gasteiger partial charge in [0.25, 0.3) is 0 Å². The zero-order valence-corrected chi connectivity index (χ0v) is 13.7. The summed E-state index contributed by atoms with van der Waals surface area (Å²) < 4.78 is 0. The molecule has 0 N–H and O–H groups in total. The molecule has 0 spiro atoms. The molecule has 0 radical (unpaired) electrons. The maximum absolute atomic E-state index is 9.48. The third-order valence-electron chi connectivity index (χ3n) is 4.95. The number of nitrogens with zero attached hydrogens (tertiary/aromatic N) is 3. The van der Waals surface area contributed by atoms with Crippen LogP contribution in [0.3, 0.4) is 0 Å². The zero-order valence-electron chi connectivity index (χ0n) is 13.7. The molecule has 1 heterocycles. The number of nitriles is 1. The molecular weight excluding hydrogens is 258 g/mol. The first-order valence-electron chi connectivity index (χ1n) is 7.90. The molecule has 0 aliphatic heterocycles. The van der Waals surface area contributed by atoms with Gasteiger partial charge < -0.3 is 0 Å². The predicted molar refractivity (Wildman–Crippen MR) is 85.4 cm³/mol. The molecule has 1 fully saturated rings. The molecule has 1 aromatic rings. The van der Waals surface area contributed by atoms with Crippen LogP contribution >= 0.6 is 0 Å². The number of hydrogen-bond donors (Lipinski definition) is 0. The van der Waals surface area contributed by atoms with Crippen LogP contribution < -0.4 is 0 Å². The van der Waals surface area contributed by atoms with E-state index in [9.17, 15) is 5.26 Å². The van der Waals surface area contributed by atoms with E-state index in [1.165, 1.54) is 12.0 Å². The quantitative estimate of drug-likeness (QED) is 0.846. The Kier molecular flexibility index (Phi) is 5.00. The third kappa shape index (κ3) is 4.04. The van der Waals surface area contributed by atoms with E-state index < -0.39 is 0 Å². The topological polar surface area (TPSA) is 39.9 Å². The molecule has 3 atom stereocenters. The lowest BCUT2D eigenvalue weighted by atomic mass is 9.68. The van der Waals surface area contributed by atoms with Gasteiger partial charge in [-0.1, -0.05) is 20.8 Å². The van der Waals surface area contributed by atoms with E-state index in [0.29, 0.717) is 17.4 Å². The largest absolute Gasteiger partial charge is 0.298 e. The molecular formula is C18H27N3. The maximum atomic E-state index is 9.48.